The average Bonchev–Trinajstić information content (AvgIpc) is 2.56. The number of aromatic amines is 1. The molecule has 1 heterocycles. The van der Waals surface area contributed by atoms with E-state index in [0.29, 0.717) is 0 Å². The Bertz CT molecular complexity index is 850. The number of aliphatic hydroxyl groups excluding tert-OH is 1. The van der Waals surface area contributed by atoms with Crippen LogP contribution in [0.5, 0.6) is 0 Å². The van der Waals surface area contributed by atoms with Gasteiger partial charge in [-0.2, -0.15) is 0 Å². The molecule has 3 rings (SSSR count). The highest BCUT2D eigenvalue weighted by molar-refractivity contribution is 5.51. The molecule has 2 atom stereocenters. The highest BCUT2D eigenvalue weighted by Gasteiger charge is 2.45. The molecule has 0 amide bonds. The van der Waals surface area contributed by atoms with Gasteiger partial charge < -0.3 is 10.2 Å². The lowest BCUT2D eigenvalue weighted by atomic mass is 9.67. The second-order valence-electron chi connectivity index (χ2n) is 6.35. The van der Waals surface area contributed by atoms with Gasteiger partial charge >= 0.3 is 0 Å². The van der Waals surface area contributed by atoms with Gasteiger partial charge in [-0.05, 0) is 19.4 Å². The Labute approximate surface area is 139 Å². The van der Waals surface area contributed by atoms with Crippen molar-refractivity contribution in [1.82, 2.24) is 15.4 Å². The molecule has 1 aliphatic rings. The van der Waals surface area contributed by atoms with Crippen LogP contribution in [0.4, 0.5) is 0 Å². The molecule has 24 heavy (non-hydrogen) atoms. The van der Waals surface area contributed by atoms with Crippen LogP contribution < -0.4 is 5.56 Å². The first-order valence-electron chi connectivity index (χ1n) is 7.65. The fourth-order valence-electron chi connectivity index (χ4n) is 3.13. The maximum Gasteiger partial charge on any atom is 0.272 e. The van der Waals surface area contributed by atoms with Gasteiger partial charge in [-0.25, -0.2) is 5.10 Å². The molecule has 0 aliphatic heterocycles. The Morgan fingerprint density at radius 3 is 2.54 bits per heavy atom. The van der Waals surface area contributed by atoms with Crippen molar-refractivity contribution >= 4 is 0 Å². The zero-order valence-electron chi connectivity index (χ0n) is 13.5. The molecule has 0 fully saturated rings. The number of aliphatic hydroxyl groups is 2. The maximum absolute atomic E-state index is 12.7. The monoisotopic (exact) mass is 325 g/mol. The minimum Gasteiger partial charge on any atom is -0.387 e. The second-order valence-corrected chi connectivity index (χ2v) is 6.35. The third-order valence-electron chi connectivity index (χ3n) is 4.24. The summed E-state index contributed by atoms with van der Waals surface area (Å²) in [5.74, 6) is 0. The quantitative estimate of drug-likeness (QED) is 0.786. The van der Waals surface area contributed by atoms with Gasteiger partial charge in [0.2, 0.25) is 0 Å². The van der Waals surface area contributed by atoms with Crippen molar-refractivity contribution in [3.63, 3.8) is 0 Å². The normalized spacial score (nSPS) is 23.4. The molecule has 0 spiro atoms. The summed E-state index contributed by atoms with van der Waals surface area (Å²) in [5.41, 5.74) is -2.01. The molecule has 2 unspecified atom stereocenters. The number of H-pyrrole nitrogens is 1. The van der Waals surface area contributed by atoms with Crippen molar-refractivity contribution in [3.05, 3.63) is 81.8 Å². The molecule has 6 nitrogen and oxygen atoms in total. The van der Waals surface area contributed by atoms with Crippen molar-refractivity contribution in [2.45, 2.75) is 31.0 Å². The molecular weight excluding hydrogens is 306 g/mol. The number of hydrogen-bond donors (Lipinski definition) is 3. The molecule has 6 heteroatoms. The van der Waals surface area contributed by atoms with Crippen LogP contribution in [0.3, 0.4) is 0 Å². The molecule has 3 N–H and O–H groups in total. The first kappa shape index (κ1) is 16.3. The van der Waals surface area contributed by atoms with E-state index in [9.17, 15) is 15.0 Å². The van der Waals surface area contributed by atoms with Crippen LogP contribution in [0.15, 0.2) is 59.4 Å². The van der Waals surface area contributed by atoms with Gasteiger partial charge in [-0.1, -0.05) is 59.8 Å². The Balaban J connectivity index is 2.41. The van der Waals surface area contributed by atoms with E-state index in [1.807, 2.05) is 30.3 Å². The lowest BCUT2D eigenvalue weighted by Crippen LogP contribution is -2.46. The molecule has 0 radical (unpaired) electrons. The number of allylic oxidation sites excluding steroid dienone is 2. The van der Waals surface area contributed by atoms with E-state index in [4.69, 9.17) is 0 Å². The van der Waals surface area contributed by atoms with Crippen LogP contribution >= 0.6 is 0 Å². The van der Waals surface area contributed by atoms with Gasteiger partial charge in [0.15, 0.2) is 0 Å². The number of benzene rings is 1. The van der Waals surface area contributed by atoms with Gasteiger partial charge in [0.25, 0.3) is 5.56 Å². The van der Waals surface area contributed by atoms with E-state index < -0.39 is 22.7 Å². The zero-order valence-corrected chi connectivity index (χ0v) is 13.5. The van der Waals surface area contributed by atoms with Crippen molar-refractivity contribution < 1.29 is 10.2 Å². The predicted molar refractivity (Wildman–Crippen MR) is 89.4 cm³/mol. The lowest BCUT2D eigenvalue weighted by molar-refractivity contribution is 0.0681. The SMILES string of the molecule is CC(C)(O)c1nn[nH]c(=O)c1C1(c2ccccc2)C=CC=CC1O. The van der Waals surface area contributed by atoms with E-state index in [0.717, 1.165) is 5.56 Å². The van der Waals surface area contributed by atoms with E-state index in [1.54, 1.807) is 24.3 Å². The smallest absolute Gasteiger partial charge is 0.272 e. The molecule has 0 bridgehead atoms. The third-order valence-corrected chi connectivity index (χ3v) is 4.24. The number of nitrogens with zero attached hydrogens (tertiary/aromatic N) is 2. The van der Waals surface area contributed by atoms with E-state index in [-0.39, 0.29) is 11.3 Å². The standard InChI is InChI=1S/C18H19N3O3/c1-17(2,24)15-14(16(23)20-21-19-15)18(11-7-6-10-13(18)22)12-8-4-3-5-9-12/h3-11,13,22,24H,1-2H3,(H,19,20,23). The van der Waals surface area contributed by atoms with Crippen LogP contribution in [0.2, 0.25) is 0 Å². The van der Waals surface area contributed by atoms with Crippen LogP contribution in [0, 0.1) is 0 Å². The molecule has 0 saturated heterocycles. The summed E-state index contributed by atoms with van der Waals surface area (Å²) in [6, 6.07) is 9.20. The van der Waals surface area contributed by atoms with Gasteiger partial charge in [0.05, 0.1) is 17.1 Å². The Morgan fingerprint density at radius 2 is 1.92 bits per heavy atom. The number of nitrogens with one attached hydrogen (secondary N) is 1. The van der Waals surface area contributed by atoms with Crippen LogP contribution in [0.25, 0.3) is 0 Å². The van der Waals surface area contributed by atoms with Gasteiger partial charge in [0, 0.05) is 0 Å². The molecule has 124 valence electrons. The molecule has 0 saturated carbocycles. The number of aromatic nitrogens is 3. The second kappa shape index (κ2) is 5.81. The molecule has 1 aliphatic carbocycles. The molecular formula is C18H19N3O3. The van der Waals surface area contributed by atoms with Gasteiger partial charge in [-0.15, -0.1) is 5.10 Å². The zero-order chi connectivity index (χ0) is 17.4. The van der Waals surface area contributed by atoms with Gasteiger partial charge in [0.1, 0.15) is 11.3 Å². The molecule has 1 aromatic heterocycles. The minimum absolute atomic E-state index is 0.133. The highest BCUT2D eigenvalue weighted by atomic mass is 16.3. The lowest BCUT2D eigenvalue weighted by Gasteiger charge is -2.38. The summed E-state index contributed by atoms with van der Waals surface area (Å²) >= 11 is 0. The topological polar surface area (TPSA) is 99.1 Å². The van der Waals surface area contributed by atoms with Gasteiger partial charge in [-0.3, -0.25) is 4.79 Å². The largest absolute Gasteiger partial charge is 0.387 e. The average molecular weight is 325 g/mol. The fraction of sp³-hybridized carbons (Fsp3) is 0.278. The number of rotatable bonds is 3. The van der Waals surface area contributed by atoms with E-state index in [1.165, 1.54) is 13.8 Å². The van der Waals surface area contributed by atoms with Crippen molar-refractivity contribution in [2.24, 2.45) is 0 Å². The first-order valence-corrected chi connectivity index (χ1v) is 7.65. The minimum atomic E-state index is -1.40. The fourth-order valence-corrected chi connectivity index (χ4v) is 3.13. The van der Waals surface area contributed by atoms with Crippen molar-refractivity contribution in [3.8, 4) is 0 Å². The third kappa shape index (κ3) is 2.50. The van der Waals surface area contributed by atoms with Crippen molar-refractivity contribution in [1.29, 1.82) is 0 Å². The summed E-state index contributed by atoms with van der Waals surface area (Å²) in [6.45, 7) is 3.07. The Hall–Kier alpha value is -2.57. The first-order chi connectivity index (χ1) is 11.4. The van der Waals surface area contributed by atoms with Crippen LogP contribution in [-0.2, 0) is 11.0 Å². The van der Waals surface area contributed by atoms with Crippen LogP contribution in [-0.4, -0.2) is 31.7 Å². The molecule has 2 aromatic rings. The Morgan fingerprint density at radius 1 is 1.21 bits per heavy atom. The summed E-state index contributed by atoms with van der Waals surface area (Å²) in [4.78, 5) is 12.7. The van der Waals surface area contributed by atoms with E-state index in [2.05, 4.69) is 15.4 Å². The highest BCUT2D eigenvalue weighted by Crippen LogP contribution is 2.41. The summed E-state index contributed by atoms with van der Waals surface area (Å²) < 4.78 is 0. The Kier molecular flexibility index (Phi) is 3.95. The molecule has 1 aromatic carbocycles. The maximum atomic E-state index is 12.7. The van der Waals surface area contributed by atoms with Crippen molar-refractivity contribution in [2.75, 3.05) is 0 Å². The van der Waals surface area contributed by atoms with Crippen LogP contribution in [0.1, 0.15) is 30.7 Å². The van der Waals surface area contributed by atoms with E-state index >= 15 is 0 Å². The summed E-state index contributed by atoms with van der Waals surface area (Å²) in [6.07, 6.45) is 5.87. The summed E-state index contributed by atoms with van der Waals surface area (Å²) in [7, 11) is 0. The predicted octanol–water partition coefficient (Wildman–Crippen LogP) is 1.17. The summed E-state index contributed by atoms with van der Waals surface area (Å²) in [5, 5.41) is 31.2. The number of hydrogen-bond acceptors (Lipinski definition) is 5.